The van der Waals surface area contributed by atoms with Crippen molar-refractivity contribution in [1.82, 2.24) is 19.9 Å². The Balaban J connectivity index is 1.25. The summed E-state index contributed by atoms with van der Waals surface area (Å²) in [4.78, 5) is 72.1. The third kappa shape index (κ3) is 11.1. The van der Waals surface area contributed by atoms with Gasteiger partial charge < -0.3 is 19.4 Å². The predicted octanol–water partition coefficient (Wildman–Crippen LogP) is 13.5. The molecule has 10 heteroatoms. The molecule has 7 atom stereocenters. The lowest BCUT2D eigenvalue weighted by Gasteiger charge is -2.18. The molecule has 2 aliphatic heterocycles. The lowest BCUT2D eigenvalue weighted by Crippen LogP contribution is -2.21. The van der Waals surface area contributed by atoms with Crippen molar-refractivity contribution in [2.24, 2.45) is 17.8 Å². The highest BCUT2D eigenvalue weighted by Crippen LogP contribution is 2.48. The van der Waals surface area contributed by atoms with Gasteiger partial charge in [-0.15, -0.1) is 0 Å². The maximum absolute atomic E-state index is 14.4. The number of Topliss-reactive ketones (excluding diaryl/α,β-unsaturated/α-hetero) is 2. The summed E-state index contributed by atoms with van der Waals surface area (Å²) in [6.07, 6.45) is 14.6. The molecule has 3 aromatic rings. The topological polar surface area (TPSA) is 144 Å². The van der Waals surface area contributed by atoms with Gasteiger partial charge in [-0.25, -0.2) is 0 Å². The highest BCUT2D eigenvalue weighted by Gasteiger charge is 2.45. The molecule has 65 heavy (non-hydrogen) atoms. The van der Waals surface area contributed by atoms with Crippen molar-refractivity contribution in [3.05, 3.63) is 80.4 Å². The van der Waals surface area contributed by atoms with Gasteiger partial charge in [0.1, 0.15) is 12.5 Å². The van der Waals surface area contributed by atoms with Crippen LogP contribution >= 0.6 is 0 Å². The summed E-state index contributed by atoms with van der Waals surface area (Å²) in [5.41, 5.74) is 10.1. The zero-order valence-electron chi connectivity index (χ0n) is 41.5. The van der Waals surface area contributed by atoms with E-state index in [9.17, 15) is 19.2 Å². The molecule has 2 N–H and O–H groups in total. The summed E-state index contributed by atoms with van der Waals surface area (Å²) < 4.78 is 11.1. The Labute approximate surface area is 387 Å². The maximum Gasteiger partial charge on any atom is 0.321 e. The number of carbonyl (C=O) groups is 4. The fraction of sp³-hybridized carbons (Fsp3) is 0.600. The molecule has 10 nitrogen and oxygen atoms in total. The van der Waals surface area contributed by atoms with Crippen molar-refractivity contribution in [2.45, 2.75) is 183 Å². The van der Waals surface area contributed by atoms with Crippen molar-refractivity contribution in [3.8, 4) is 0 Å². The van der Waals surface area contributed by atoms with Gasteiger partial charge in [-0.05, 0) is 107 Å². The lowest BCUT2D eigenvalue weighted by molar-refractivity contribution is -0.143. The number of allylic oxidation sites excluding steroid dienone is 1. The van der Waals surface area contributed by atoms with Crippen LogP contribution in [0.4, 0.5) is 0 Å². The first-order valence-electron chi connectivity index (χ1n) is 24.7. The van der Waals surface area contributed by atoms with Crippen LogP contribution in [0.25, 0.3) is 22.1 Å². The minimum atomic E-state index is -1.21. The van der Waals surface area contributed by atoms with Crippen LogP contribution in [0.3, 0.4) is 0 Å². The fourth-order valence-corrected chi connectivity index (χ4v) is 10.8. The van der Waals surface area contributed by atoms with Crippen LogP contribution in [0.5, 0.6) is 0 Å². The Morgan fingerprint density at radius 3 is 2.02 bits per heavy atom. The third-order valence-electron chi connectivity index (χ3n) is 14.9. The van der Waals surface area contributed by atoms with Gasteiger partial charge in [0.05, 0.1) is 23.8 Å². The third-order valence-corrected chi connectivity index (χ3v) is 14.9. The first kappa shape index (κ1) is 49.6. The molecule has 5 heterocycles. The maximum atomic E-state index is 14.4. The standard InChI is InChI=1S/C55H76N4O6/c1-13-39-34(7)41-29-46-48(38(11)60)36(9)43(57-46)27-42-35(8)40(52(58-42)50-51(55(63)64-12)54(62)49-37(10)44(59-53(49)50)28-45(39)56-41)23-24-47(61)65-26-25-33(6)22-16-21-32(5)20-15-19-31(4)18-14-17-30(2)3/h25,27-32,34-35,39-40,51,57,59H,13-24,26H2,1-12H3/t31-,32-,34-,35-,39+,40-,51+/m1/s1. The van der Waals surface area contributed by atoms with Gasteiger partial charge in [-0.1, -0.05) is 99.0 Å². The van der Waals surface area contributed by atoms with Gasteiger partial charge in [-0.2, -0.15) is 0 Å². The number of carbonyl (C=O) groups excluding carboxylic acids is 4. The number of nitrogens with one attached hydrogen (secondary N) is 2. The van der Waals surface area contributed by atoms with E-state index in [2.05, 4.69) is 65.4 Å². The number of aryl methyl sites for hydroxylation is 2. The van der Waals surface area contributed by atoms with Gasteiger partial charge in [0.2, 0.25) is 0 Å². The van der Waals surface area contributed by atoms with E-state index >= 15 is 0 Å². The number of rotatable bonds is 20. The van der Waals surface area contributed by atoms with Gasteiger partial charge in [0.15, 0.2) is 11.6 Å². The SMILES string of the molecule is CC[C@@H]1c2cc3[nH]c4c(c3C)C(=O)[C@@H](C(=O)OC)c4c3nc(cc4[nH]c(cc(n2)[C@@H]1C)c(C(C)=O)c4C)[C@H](C)[C@H]3CCC(=O)OCC=C(C)CCC[C@H](C)CCC[C@H](C)CCCC(C)C. The molecular formula is C55H76N4O6. The molecule has 0 radical (unpaired) electrons. The summed E-state index contributed by atoms with van der Waals surface area (Å²) in [5.74, 6) is -0.573. The summed E-state index contributed by atoms with van der Waals surface area (Å²) >= 11 is 0. The first-order valence-corrected chi connectivity index (χ1v) is 24.7. The van der Waals surface area contributed by atoms with Crippen molar-refractivity contribution < 1.29 is 28.7 Å². The van der Waals surface area contributed by atoms with Gasteiger partial charge >= 0.3 is 11.9 Å². The molecule has 6 rings (SSSR count). The van der Waals surface area contributed by atoms with E-state index in [-0.39, 0.29) is 54.2 Å². The zero-order valence-corrected chi connectivity index (χ0v) is 41.5. The van der Waals surface area contributed by atoms with E-state index < -0.39 is 11.9 Å². The van der Waals surface area contributed by atoms with Crippen molar-refractivity contribution in [2.75, 3.05) is 13.7 Å². The molecule has 0 saturated carbocycles. The molecule has 0 saturated heterocycles. The van der Waals surface area contributed by atoms with E-state index in [0.717, 1.165) is 70.3 Å². The van der Waals surface area contributed by atoms with Gasteiger partial charge in [-0.3, -0.25) is 29.1 Å². The Hall–Kier alpha value is -4.86. The van der Waals surface area contributed by atoms with Crippen LogP contribution in [0.1, 0.15) is 229 Å². The second kappa shape index (κ2) is 21.6. The van der Waals surface area contributed by atoms with Crippen molar-refractivity contribution >= 4 is 45.6 Å². The second-order valence-corrected chi connectivity index (χ2v) is 20.3. The molecule has 0 spiro atoms. The molecule has 3 aromatic heterocycles. The van der Waals surface area contributed by atoms with E-state index in [1.54, 1.807) is 6.92 Å². The number of methoxy groups -OCH3 is 1. The van der Waals surface area contributed by atoms with E-state index in [1.807, 2.05) is 38.1 Å². The Morgan fingerprint density at radius 1 is 0.769 bits per heavy atom. The minimum Gasteiger partial charge on any atom is -0.468 e. The highest BCUT2D eigenvalue weighted by atomic mass is 16.5. The normalized spacial score (nSPS) is 20.4. The highest BCUT2D eigenvalue weighted by molar-refractivity contribution is 6.23. The van der Waals surface area contributed by atoms with Crippen LogP contribution < -0.4 is 0 Å². The number of ketones is 2. The van der Waals surface area contributed by atoms with Crippen LogP contribution in [0, 0.1) is 31.6 Å². The zero-order chi connectivity index (χ0) is 47.3. The number of hydrogen-bond acceptors (Lipinski definition) is 8. The average Bonchev–Trinajstić information content (AvgIpc) is 4.00. The number of esters is 2. The van der Waals surface area contributed by atoms with Crippen molar-refractivity contribution in [1.29, 1.82) is 0 Å². The number of ether oxygens (including phenoxy) is 2. The summed E-state index contributed by atoms with van der Waals surface area (Å²) in [5, 5.41) is 0. The second-order valence-electron chi connectivity index (χ2n) is 20.3. The molecule has 0 fully saturated rings. The van der Waals surface area contributed by atoms with Crippen LogP contribution in [0.2, 0.25) is 0 Å². The summed E-state index contributed by atoms with van der Waals surface area (Å²) in [7, 11) is 1.30. The van der Waals surface area contributed by atoms with Gasteiger partial charge in [0.25, 0.3) is 0 Å². The Kier molecular flexibility index (Phi) is 16.5. The van der Waals surface area contributed by atoms with Gasteiger partial charge in [0, 0.05) is 74.9 Å². The minimum absolute atomic E-state index is 0.0532. The molecule has 0 amide bonds. The van der Waals surface area contributed by atoms with E-state index in [1.165, 1.54) is 57.6 Å². The van der Waals surface area contributed by atoms with Crippen LogP contribution in [0.15, 0.2) is 29.8 Å². The average molecular weight is 889 g/mol. The molecule has 352 valence electrons. The van der Waals surface area contributed by atoms with Crippen LogP contribution in [-0.4, -0.2) is 57.2 Å². The monoisotopic (exact) mass is 889 g/mol. The number of aromatic nitrogens is 4. The first-order chi connectivity index (χ1) is 30.9. The van der Waals surface area contributed by atoms with Crippen molar-refractivity contribution in [3.63, 3.8) is 0 Å². The molecule has 0 unspecified atom stereocenters. The molecule has 0 aromatic carbocycles. The lowest BCUT2D eigenvalue weighted by atomic mass is 9.84. The number of hydrogen-bond donors (Lipinski definition) is 2. The quantitative estimate of drug-likeness (QED) is 0.0494. The van der Waals surface area contributed by atoms with E-state index in [4.69, 9.17) is 19.4 Å². The predicted molar refractivity (Wildman–Crippen MR) is 261 cm³/mol. The number of fused-ring (bicyclic) bond motifs is 8. The summed E-state index contributed by atoms with van der Waals surface area (Å²) in [6.45, 7) is 23.5. The number of nitrogens with zero attached hydrogens (tertiary/aromatic N) is 2. The molecule has 8 bridgehead atoms. The number of aromatic amines is 2. The fourth-order valence-electron chi connectivity index (χ4n) is 10.8. The summed E-state index contributed by atoms with van der Waals surface area (Å²) in [6, 6.07) is 5.99. The molecular weight excluding hydrogens is 813 g/mol. The number of H-pyrrole nitrogens is 2. The molecule has 1 aliphatic carbocycles. The van der Waals surface area contributed by atoms with E-state index in [0.29, 0.717) is 45.8 Å². The molecule has 3 aliphatic rings. The Morgan fingerprint density at radius 2 is 1.37 bits per heavy atom. The largest absolute Gasteiger partial charge is 0.468 e. The van der Waals surface area contributed by atoms with Crippen LogP contribution in [-0.2, 0) is 19.1 Å². The Bertz CT molecular complexity index is 2450. The smallest absolute Gasteiger partial charge is 0.321 e.